The molecule has 0 saturated heterocycles. The predicted molar refractivity (Wildman–Crippen MR) is 73.9 cm³/mol. The Bertz CT molecular complexity index is 538. The van der Waals surface area contributed by atoms with Gasteiger partial charge in [-0.15, -0.1) is 0 Å². The van der Waals surface area contributed by atoms with Crippen LogP contribution in [0.15, 0.2) is 12.1 Å². The first-order valence-corrected chi connectivity index (χ1v) is 6.13. The lowest BCUT2D eigenvalue weighted by atomic mass is 9.92. The summed E-state index contributed by atoms with van der Waals surface area (Å²) in [6.45, 7) is 6.41. The normalized spacial score (nSPS) is 11.2. The van der Waals surface area contributed by atoms with E-state index in [1.54, 1.807) is 0 Å². The lowest BCUT2D eigenvalue weighted by Gasteiger charge is -2.18. The largest absolute Gasteiger partial charge is 0.396 e. The minimum Gasteiger partial charge on any atom is -0.396 e. The first-order chi connectivity index (χ1) is 9.11. The molecule has 0 bridgehead atoms. The Morgan fingerprint density at radius 3 is 2.55 bits per heavy atom. The third-order valence-corrected chi connectivity index (χ3v) is 2.72. The third-order valence-electron chi connectivity index (χ3n) is 2.72. The van der Waals surface area contributed by atoms with Crippen molar-refractivity contribution in [1.82, 2.24) is 5.32 Å². The molecule has 0 atom stereocenters. The van der Waals surface area contributed by atoms with Crippen molar-refractivity contribution in [2.24, 2.45) is 5.41 Å². The molecule has 0 aromatic heterocycles. The van der Waals surface area contributed by atoms with Gasteiger partial charge in [-0.05, 0) is 17.9 Å². The molecule has 0 saturated carbocycles. The maximum absolute atomic E-state index is 13.2. The molecule has 3 N–H and O–H groups in total. The van der Waals surface area contributed by atoms with E-state index in [9.17, 15) is 19.3 Å². The van der Waals surface area contributed by atoms with Crippen molar-refractivity contribution in [1.29, 1.82) is 0 Å². The molecule has 1 aromatic carbocycles. The van der Waals surface area contributed by atoms with Gasteiger partial charge < -0.3 is 11.1 Å². The number of nitro benzene ring substituents is 1. The fourth-order valence-corrected chi connectivity index (χ4v) is 1.56. The molecule has 0 unspecified atom stereocenters. The molecule has 1 aromatic rings. The zero-order valence-corrected chi connectivity index (χ0v) is 11.7. The topological polar surface area (TPSA) is 98.3 Å². The number of carbonyl (C=O) groups is 1. The number of benzene rings is 1. The van der Waals surface area contributed by atoms with Crippen LogP contribution in [0, 0.1) is 21.3 Å². The molecular formula is C13H18FN3O3. The number of nitrogens with zero attached hydrogens (tertiary/aromatic N) is 1. The summed E-state index contributed by atoms with van der Waals surface area (Å²) >= 11 is 0. The van der Waals surface area contributed by atoms with Gasteiger partial charge in [0.15, 0.2) is 5.82 Å². The van der Waals surface area contributed by atoms with E-state index >= 15 is 0 Å². The van der Waals surface area contributed by atoms with Crippen LogP contribution in [0.1, 0.15) is 37.6 Å². The van der Waals surface area contributed by atoms with Gasteiger partial charge in [0, 0.05) is 6.54 Å². The average Bonchev–Trinajstić information content (AvgIpc) is 2.29. The van der Waals surface area contributed by atoms with E-state index in [4.69, 9.17) is 5.73 Å². The number of nitrogens with one attached hydrogen (secondary N) is 1. The van der Waals surface area contributed by atoms with Crippen LogP contribution in [0.5, 0.6) is 0 Å². The molecule has 0 aliphatic rings. The summed E-state index contributed by atoms with van der Waals surface area (Å²) in [5.41, 5.74) is 4.26. The molecule has 0 spiro atoms. The van der Waals surface area contributed by atoms with Crippen molar-refractivity contribution in [3.05, 3.63) is 33.6 Å². The molecule has 1 amide bonds. The minimum absolute atomic E-state index is 0.0288. The van der Waals surface area contributed by atoms with E-state index < -0.39 is 22.3 Å². The number of nitro groups is 1. The van der Waals surface area contributed by atoms with Crippen molar-refractivity contribution in [2.75, 3.05) is 12.3 Å². The number of anilines is 1. The zero-order chi connectivity index (χ0) is 15.5. The third kappa shape index (κ3) is 4.18. The maximum Gasteiger partial charge on any atom is 0.285 e. The van der Waals surface area contributed by atoms with Crippen LogP contribution in [0.2, 0.25) is 0 Å². The molecule has 0 radical (unpaired) electrons. The van der Waals surface area contributed by atoms with E-state index in [-0.39, 0.29) is 16.7 Å². The van der Waals surface area contributed by atoms with E-state index in [2.05, 4.69) is 5.32 Å². The molecule has 0 aliphatic carbocycles. The highest BCUT2D eigenvalue weighted by Gasteiger charge is 2.23. The molecule has 0 heterocycles. The molecule has 110 valence electrons. The zero-order valence-electron chi connectivity index (χ0n) is 11.7. The molecular weight excluding hydrogens is 265 g/mol. The smallest absolute Gasteiger partial charge is 0.285 e. The Morgan fingerprint density at radius 2 is 2.05 bits per heavy atom. The van der Waals surface area contributed by atoms with E-state index in [1.807, 2.05) is 20.8 Å². The minimum atomic E-state index is -0.914. The highest BCUT2D eigenvalue weighted by atomic mass is 19.1. The Balaban J connectivity index is 2.92. The first kappa shape index (κ1) is 15.9. The van der Waals surface area contributed by atoms with Gasteiger partial charge in [-0.25, -0.2) is 4.39 Å². The summed E-state index contributed by atoms with van der Waals surface area (Å²) in [6, 6.07) is 1.65. The summed E-state index contributed by atoms with van der Waals surface area (Å²) in [5, 5.41) is 13.4. The molecule has 1 rings (SSSR count). The second-order valence-electron chi connectivity index (χ2n) is 5.71. The van der Waals surface area contributed by atoms with E-state index in [0.29, 0.717) is 19.0 Å². The standard InChI is InChI=1S/C13H18FN3O3/c1-13(2,3)4-5-16-12(18)8-6-10(15)9(14)7-11(8)17(19)20/h6-7H,4-5,15H2,1-3H3,(H,16,18). The molecule has 7 heteroatoms. The Morgan fingerprint density at radius 1 is 1.45 bits per heavy atom. The van der Waals surface area contributed by atoms with Crippen molar-refractivity contribution in [2.45, 2.75) is 27.2 Å². The Hall–Kier alpha value is -2.18. The van der Waals surface area contributed by atoms with Crippen LogP contribution < -0.4 is 11.1 Å². The van der Waals surface area contributed by atoms with Crippen LogP contribution in [-0.2, 0) is 0 Å². The first-order valence-electron chi connectivity index (χ1n) is 6.13. The number of amides is 1. The van der Waals surface area contributed by atoms with Crippen molar-refractivity contribution >= 4 is 17.3 Å². The van der Waals surface area contributed by atoms with Gasteiger partial charge in [-0.1, -0.05) is 20.8 Å². The summed E-state index contributed by atoms with van der Waals surface area (Å²) in [5.74, 6) is -1.55. The highest BCUT2D eigenvalue weighted by Crippen LogP contribution is 2.24. The second-order valence-corrected chi connectivity index (χ2v) is 5.71. The van der Waals surface area contributed by atoms with Crippen molar-refractivity contribution in [3.63, 3.8) is 0 Å². The second kappa shape index (κ2) is 5.85. The Kier molecular flexibility index (Phi) is 4.65. The summed E-state index contributed by atoms with van der Waals surface area (Å²) in [6.07, 6.45) is 0.712. The van der Waals surface area contributed by atoms with Crippen LogP contribution in [0.25, 0.3) is 0 Å². The fourth-order valence-electron chi connectivity index (χ4n) is 1.56. The van der Waals surface area contributed by atoms with Crippen LogP contribution in [0.3, 0.4) is 0 Å². The van der Waals surface area contributed by atoms with Gasteiger partial charge in [-0.3, -0.25) is 14.9 Å². The van der Waals surface area contributed by atoms with Gasteiger partial charge in [-0.2, -0.15) is 0 Å². The van der Waals surface area contributed by atoms with Gasteiger partial charge in [0.1, 0.15) is 5.56 Å². The number of halogens is 1. The monoisotopic (exact) mass is 283 g/mol. The average molecular weight is 283 g/mol. The molecule has 6 nitrogen and oxygen atoms in total. The number of nitrogen functional groups attached to an aromatic ring is 1. The van der Waals surface area contributed by atoms with E-state index in [0.717, 1.165) is 6.07 Å². The van der Waals surface area contributed by atoms with Crippen LogP contribution >= 0.6 is 0 Å². The summed E-state index contributed by atoms with van der Waals surface area (Å²) in [7, 11) is 0. The SMILES string of the molecule is CC(C)(C)CCNC(=O)c1cc(N)c(F)cc1[N+](=O)[O-]. The van der Waals surface area contributed by atoms with Crippen molar-refractivity contribution in [3.8, 4) is 0 Å². The number of carbonyl (C=O) groups excluding carboxylic acids is 1. The fraction of sp³-hybridized carbons (Fsp3) is 0.462. The van der Waals surface area contributed by atoms with Crippen LogP contribution in [-0.4, -0.2) is 17.4 Å². The van der Waals surface area contributed by atoms with Gasteiger partial charge in [0.05, 0.1) is 16.7 Å². The molecule has 0 aliphatic heterocycles. The van der Waals surface area contributed by atoms with Crippen molar-refractivity contribution < 1.29 is 14.1 Å². The lowest BCUT2D eigenvalue weighted by molar-refractivity contribution is -0.385. The summed E-state index contributed by atoms with van der Waals surface area (Å²) < 4.78 is 13.2. The Labute approximate surface area is 116 Å². The lowest BCUT2D eigenvalue weighted by Crippen LogP contribution is -2.28. The van der Waals surface area contributed by atoms with Gasteiger partial charge in [0.2, 0.25) is 0 Å². The maximum atomic E-state index is 13.2. The quantitative estimate of drug-likeness (QED) is 0.504. The number of hydrogen-bond acceptors (Lipinski definition) is 4. The number of nitrogens with two attached hydrogens (primary N) is 1. The number of rotatable bonds is 4. The van der Waals surface area contributed by atoms with Gasteiger partial charge >= 0.3 is 0 Å². The summed E-state index contributed by atoms with van der Waals surface area (Å²) in [4.78, 5) is 22.0. The molecule has 0 fully saturated rings. The predicted octanol–water partition coefficient (Wildman–Crippen LogP) is 2.48. The van der Waals surface area contributed by atoms with Crippen LogP contribution in [0.4, 0.5) is 15.8 Å². The highest BCUT2D eigenvalue weighted by molar-refractivity contribution is 5.99. The van der Waals surface area contributed by atoms with E-state index in [1.165, 1.54) is 0 Å². The van der Waals surface area contributed by atoms with Gasteiger partial charge in [0.25, 0.3) is 11.6 Å². The number of hydrogen-bond donors (Lipinski definition) is 2. The molecule has 20 heavy (non-hydrogen) atoms.